The number of allylic oxidation sites excluding steroid dienone is 1. The van der Waals surface area contributed by atoms with Crippen molar-refractivity contribution >= 4 is 12.0 Å². The van der Waals surface area contributed by atoms with E-state index in [-0.39, 0.29) is 17.4 Å². The van der Waals surface area contributed by atoms with Crippen molar-refractivity contribution in [2.45, 2.75) is 26.3 Å². The van der Waals surface area contributed by atoms with Crippen LogP contribution < -0.4 is 10.5 Å². The Balaban J connectivity index is 2.33. The Bertz CT molecular complexity index is 736. The minimum Gasteiger partial charge on any atom is -0.507 e. The van der Waals surface area contributed by atoms with E-state index in [9.17, 15) is 9.90 Å². The number of carbonyl (C=O) groups is 1. The molecule has 6 nitrogen and oxygen atoms in total. The van der Waals surface area contributed by atoms with E-state index >= 15 is 0 Å². The molecule has 1 aliphatic rings. The van der Waals surface area contributed by atoms with Gasteiger partial charge in [0.25, 0.3) is 0 Å². The molecule has 6 heteroatoms. The minimum atomic E-state index is -0.0804. The van der Waals surface area contributed by atoms with Crippen molar-refractivity contribution in [2.75, 3.05) is 26.7 Å². The van der Waals surface area contributed by atoms with E-state index in [4.69, 9.17) is 15.5 Å². The summed E-state index contributed by atoms with van der Waals surface area (Å²) in [5.74, 6) is 0.297. The van der Waals surface area contributed by atoms with Crippen molar-refractivity contribution in [3.8, 4) is 11.5 Å². The number of aromatic hydroxyl groups is 1. The van der Waals surface area contributed by atoms with Crippen molar-refractivity contribution in [3.05, 3.63) is 47.2 Å². The summed E-state index contributed by atoms with van der Waals surface area (Å²) >= 11 is 0. The second kappa shape index (κ2) is 9.20. The topological polar surface area (TPSA) is 88.1 Å². The van der Waals surface area contributed by atoms with Crippen molar-refractivity contribution in [2.24, 2.45) is 10.7 Å². The lowest BCUT2D eigenvalue weighted by molar-refractivity contribution is 0.111. The molecule has 0 saturated heterocycles. The quantitative estimate of drug-likeness (QED) is 0.578. The number of rotatable bonds is 7. The van der Waals surface area contributed by atoms with E-state index in [0.717, 1.165) is 36.4 Å². The van der Waals surface area contributed by atoms with E-state index in [1.165, 1.54) is 12.3 Å². The molecular weight excluding hydrogens is 330 g/mol. The monoisotopic (exact) mass is 357 g/mol. The number of ether oxygens (including phenoxy) is 1. The molecule has 26 heavy (non-hydrogen) atoms. The summed E-state index contributed by atoms with van der Waals surface area (Å²) in [4.78, 5) is 18.1. The van der Waals surface area contributed by atoms with Crippen molar-refractivity contribution in [1.82, 2.24) is 4.90 Å². The first-order valence-electron chi connectivity index (χ1n) is 8.72. The predicted molar refractivity (Wildman–Crippen MR) is 104 cm³/mol. The van der Waals surface area contributed by atoms with Gasteiger partial charge in [-0.3, -0.25) is 9.79 Å². The number of phenols is 1. The number of likely N-dealkylation sites (N-methyl/N-ethyl adjacent to an activating group) is 1. The van der Waals surface area contributed by atoms with Crippen molar-refractivity contribution < 1.29 is 14.6 Å². The Morgan fingerprint density at radius 1 is 1.46 bits per heavy atom. The molecule has 1 aromatic carbocycles. The van der Waals surface area contributed by atoms with Crippen LogP contribution in [0.1, 0.15) is 30.6 Å². The van der Waals surface area contributed by atoms with Crippen LogP contribution in [0.5, 0.6) is 11.5 Å². The number of aliphatic imine (C=N–C) groups is 1. The van der Waals surface area contributed by atoms with Crippen LogP contribution in [0, 0.1) is 0 Å². The van der Waals surface area contributed by atoms with Crippen LogP contribution in [0.25, 0.3) is 0 Å². The summed E-state index contributed by atoms with van der Waals surface area (Å²) in [6, 6.07) is 4.96. The van der Waals surface area contributed by atoms with E-state index < -0.39 is 0 Å². The second-order valence-electron chi connectivity index (χ2n) is 6.63. The summed E-state index contributed by atoms with van der Waals surface area (Å²) in [5, 5.41) is 9.80. The van der Waals surface area contributed by atoms with Crippen LogP contribution >= 0.6 is 0 Å². The fraction of sp³-hybridized carbons (Fsp3) is 0.400. The molecule has 0 bridgehead atoms. The molecule has 1 heterocycles. The highest BCUT2D eigenvalue weighted by atomic mass is 16.5. The molecule has 2 rings (SSSR count). The van der Waals surface area contributed by atoms with Gasteiger partial charge < -0.3 is 20.5 Å². The molecule has 0 radical (unpaired) electrons. The first kappa shape index (κ1) is 19.7. The number of carbonyl (C=O) groups excluding carboxylic acids is 1. The first-order chi connectivity index (χ1) is 12.5. The third kappa shape index (κ3) is 4.95. The predicted octanol–water partition coefficient (Wildman–Crippen LogP) is 2.54. The molecule has 3 N–H and O–H groups in total. The van der Waals surface area contributed by atoms with Gasteiger partial charge in [0, 0.05) is 19.1 Å². The Labute approximate surface area is 154 Å². The number of phenolic OH excluding ortho intramolecular Hbond substituents is 1. The molecule has 0 unspecified atom stereocenters. The van der Waals surface area contributed by atoms with Gasteiger partial charge in [0.2, 0.25) is 0 Å². The van der Waals surface area contributed by atoms with Crippen LogP contribution in [0.3, 0.4) is 0 Å². The van der Waals surface area contributed by atoms with Gasteiger partial charge in [0.15, 0.2) is 6.29 Å². The van der Waals surface area contributed by atoms with Crippen LogP contribution in [0.2, 0.25) is 0 Å². The van der Waals surface area contributed by atoms with Crippen LogP contribution in [0.15, 0.2) is 46.6 Å². The standard InChI is InChI=1S/C20H27N3O3/c1-14(2)22-18(7-9-21)16-11-23(3)10-8-15(16)13-26-20-6-4-5-19(25)17(20)12-24/h4-7,9,12,14,25H,8,10-11,13,21H2,1-3H3. The summed E-state index contributed by atoms with van der Waals surface area (Å²) in [6.07, 6.45) is 4.77. The van der Waals surface area contributed by atoms with Crippen molar-refractivity contribution in [1.29, 1.82) is 0 Å². The minimum absolute atomic E-state index is 0.0804. The van der Waals surface area contributed by atoms with Crippen LogP contribution in [0.4, 0.5) is 0 Å². The smallest absolute Gasteiger partial charge is 0.157 e. The van der Waals surface area contributed by atoms with Gasteiger partial charge in [-0.2, -0.15) is 0 Å². The van der Waals surface area contributed by atoms with E-state index in [1.807, 2.05) is 19.9 Å². The van der Waals surface area contributed by atoms with Gasteiger partial charge in [-0.15, -0.1) is 0 Å². The molecule has 1 aliphatic heterocycles. The lowest BCUT2D eigenvalue weighted by atomic mass is 9.96. The fourth-order valence-electron chi connectivity index (χ4n) is 2.89. The van der Waals surface area contributed by atoms with Crippen LogP contribution in [-0.4, -0.2) is 54.8 Å². The summed E-state index contributed by atoms with van der Waals surface area (Å²) in [5.41, 5.74) is 8.87. The number of aldehydes is 1. The van der Waals surface area contributed by atoms with E-state index in [1.54, 1.807) is 12.1 Å². The maximum Gasteiger partial charge on any atom is 0.157 e. The average Bonchev–Trinajstić information content (AvgIpc) is 2.60. The lowest BCUT2D eigenvalue weighted by Crippen LogP contribution is -2.32. The largest absolute Gasteiger partial charge is 0.507 e. The molecular formula is C20H27N3O3. The fourth-order valence-corrected chi connectivity index (χ4v) is 2.89. The number of hydrogen-bond donors (Lipinski definition) is 2. The van der Waals surface area contributed by atoms with Gasteiger partial charge >= 0.3 is 0 Å². The Morgan fingerprint density at radius 3 is 2.88 bits per heavy atom. The van der Waals surface area contributed by atoms with Crippen LogP contribution in [-0.2, 0) is 0 Å². The molecule has 0 saturated carbocycles. The molecule has 0 spiro atoms. The second-order valence-corrected chi connectivity index (χ2v) is 6.63. The SMILES string of the molecule is CC(C)N=C(C=CN)C1=C(COc2cccc(O)c2C=O)CCN(C)C1. The molecule has 0 aliphatic carbocycles. The normalized spacial score (nSPS) is 16.5. The third-order valence-corrected chi connectivity index (χ3v) is 4.17. The summed E-state index contributed by atoms with van der Waals surface area (Å²) in [7, 11) is 2.07. The molecule has 140 valence electrons. The van der Waals surface area contributed by atoms with Gasteiger partial charge in [-0.05, 0) is 62.9 Å². The van der Waals surface area contributed by atoms with Gasteiger partial charge in [-0.25, -0.2) is 0 Å². The molecule has 1 aromatic rings. The highest BCUT2D eigenvalue weighted by Crippen LogP contribution is 2.27. The third-order valence-electron chi connectivity index (χ3n) is 4.17. The highest BCUT2D eigenvalue weighted by molar-refractivity contribution is 6.09. The lowest BCUT2D eigenvalue weighted by Gasteiger charge is -2.28. The zero-order valence-corrected chi connectivity index (χ0v) is 15.6. The Hall–Kier alpha value is -2.60. The molecule has 0 aromatic heterocycles. The average molecular weight is 357 g/mol. The summed E-state index contributed by atoms with van der Waals surface area (Å²) in [6.45, 7) is 6.07. The van der Waals surface area contributed by atoms with Gasteiger partial charge in [0.1, 0.15) is 18.1 Å². The number of hydrogen-bond acceptors (Lipinski definition) is 6. The zero-order valence-electron chi connectivity index (χ0n) is 15.6. The Morgan fingerprint density at radius 2 is 2.23 bits per heavy atom. The maximum absolute atomic E-state index is 11.2. The zero-order chi connectivity index (χ0) is 19.1. The number of nitrogens with two attached hydrogens (primary N) is 1. The molecule has 0 fully saturated rings. The first-order valence-corrected chi connectivity index (χ1v) is 8.72. The summed E-state index contributed by atoms with van der Waals surface area (Å²) < 4.78 is 5.87. The van der Waals surface area contributed by atoms with Crippen molar-refractivity contribution in [3.63, 3.8) is 0 Å². The van der Waals surface area contributed by atoms with E-state index in [2.05, 4.69) is 11.9 Å². The van der Waals surface area contributed by atoms with E-state index in [0.29, 0.717) is 18.6 Å². The molecule has 0 atom stereocenters. The number of nitrogens with zero attached hydrogens (tertiary/aromatic N) is 2. The number of benzene rings is 1. The maximum atomic E-state index is 11.2. The molecule has 0 amide bonds. The van der Waals surface area contributed by atoms with Gasteiger partial charge in [0.05, 0.1) is 11.3 Å². The Kier molecular flexibility index (Phi) is 6.97. The van der Waals surface area contributed by atoms with Gasteiger partial charge in [-0.1, -0.05) is 6.07 Å². The highest BCUT2D eigenvalue weighted by Gasteiger charge is 2.20.